The topological polar surface area (TPSA) is 89.2 Å². The molecule has 0 fully saturated rings. The summed E-state index contributed by atoms with van der Waals surface area (Å²) in [6.07, 6.45) is 3.63. The van der Waals surface area contributed by atoms with E-state index in [1.807, 2.05) is 36.4 Å². The van der Waals surface area contributed by atoms with Gasteiger partial charge in [-0.1, -0.05) is 35.6 Å². The molecule has 0 unspecified atom stereocenters. The van der Waals surface area contributed by atoms with Gasteiger partial charge >= 0.3 is 4.87 Å². The minimum atomic E-state index is -0.327. The maximum atomic E-state index is 11.7. The second kappa shape index (κ2) is 5.89. The van der Waals surface area contributed by atoms with Gasteiger partial charge in [-0.2, -0.15) is 5.26 Å². The number of hydrogen-bond acceptors (Lipinski definition) is 5. The van der Waals surface area contributed by atoms with Gasteiger partial charge in [0.25, 0.3) is 0 Å². The highest BCUT2D eigenvalue weighted by Gasteiger charge is 2.16. The lowest BCUT2D eigenvalue weighted by molar-refractivity contribution is 0.454. The summed E-state index contributed by atoms with van der Waals surface area (Å²) < 4.78 is 0. The number of aliphatic imine (C=N–C) groups is 1. The lowest BCUT2D eigenvalue weighted by Crippen LogP contribution is -2.26. The number of nitrogens with one attached hydrogen (secondary N) is 1. The highest BCUT2D eigenvalue weighted by atomic mass is 32.1. The average Bonchev–Trinajstić information content (AvgIpc) is 3.23. The van der Waals surface area contributed by atoms with E-state index >= 15 is 0 Å². The normalized spacial score (nSPS) is 13.1. The number of aromatic hydroxyl groups is 1. The van der Waals surface area contributed by atoms with E-state index in [2.05, 4.69) is 16.0 Å². The molecule has 5 nitrogen and oxygen atoms in total. The fourth-order valence-electron chi connectivity index (χ4n) is 2.86. The third-order valence-corrected chi connectivity index (χ3v) is 4.86. The molecule has 2 heterocycles. The first-order valence-electron chi connectivity index (χ1n) is 7.48. The van der Waals surface area contributed by atoms with E-state index < -0.39 is 0 Å². The summed E-state index contributed by atoms with van der Waals surface area (Å²) in [7, 11) is 0. The van der Waals surface area contributed by atoms with Gasteiger partial charge in [0.1, 0.15) is 4.88 Å². The van der Waals surface area contributed by atoms with Crippen LogP contribution in [-0.2, 0) is 0 Å². The number of thiazole rings is 1. The number of H-pyrrole nitrogens is 1. The number of hydrogen-bond donors (Lipinski definition) is 2. The highest BCUT2D eigenvalue weighted by Crippen LogP contribution is 2.29. The highest BCUT2D eigenvalue weighted by molar-refractivity contribution is 7.10. The second-order valence-electron chi connectivity index (χ2n) is 5.44. The Morgan fingerprint density at radius 2 is 2.00 bits per heavy atom. The molecular formula is C19H11N3O2S. The smallest absolute Gasteiger partial charge is 0.307 e. The van der Waals surface area contributed by atoms with Crippen LogP contribution in [0.2, 0.25) is 0 Å². The Bertz CT molecular complexity index is 1230. The third-order valence-electron chi connectivity index (χ3n) is 3.97. The Morgan fingerprint density at radius 3 is 2.68 bits per heavy atom. The largest absolute Gasteiger partial charge is 0.493 e. The maximum absolute atomic E-state index is 11.7. The van der Waals surface area contributed by atoms with Crippen molar-refractivity contribution in [3.8, 4) is 11.9 Å². The number of aromatic amines is 1. The van der Waals surface area contributed by atoms with Crippen LogP contribution in [0.4, 0.5) is 5.69 Å². The van der Waals surface area contributed by atoms with Crippen LogP contribution in [0.3, 0.4) is 0 Å². The van der Waals surface area contributed by atoms with Crippen molar-refractivity contribution in [1.82, 2.24) is 4.98 Å². The quantitative estimate of drug-likeness (QED) is 0.742. The predicted octanol–water partition coefficient (Wildman–Crippen LogP) is 1.76. The molecule has 1 aliphatic rings. The summed E-state index contributed by atoms with van der Waals surface area (Å²) in [4.78, 5) is 18.6. The minimum absolute atomic E-state index is 0.161. The first-order valence-corrected chi connectivity index (χ1v) is 8.30. The molecule has 0 saturated carbocycles. The molecule has 0 amide bonds. The van der Waals surface area contributed by atoms with Gasteiger partial charge in [0.05, 0.1) is 17.3 Å². The molecule has 6 heteroatoms. The third kappa shape index (κ3) is 2.57. The van der Waals surface area contributed by atoms with E-state index in [-0.39, 0.29) is 10.8 Å². The number of rotatable bonds is 2. The SMILES string of the molecule is N#Cc1ccc(C(c2sc(=O)[nH]c2O)=c2cccc3c2=CC=N3)cc1. The predicted molar refractivity (Wildman–Crippen MR) is 97.7 cm³/mol. The minimum Gasteiger partial charge on any atom is -0.493 e. The molecule has 2 N–H and O–H groups in total. The Morgan fingerprint density at radius 1 is 1.20 bits per heavy atom. The molecule has 2 aromatic carbocycles. The molecule has 25 heavy (non-hydrogen) atoms. The van der Waals surface area contributed by atoms with E-state index in [9.17, 15) is 9.90 Å². The molecule has 1 aromatic heterocycles. The Balaban J connectivity index is 2.13. The molecule has 120 valence electrons. The molecule has 4 rings (SSSR count). The van der Waals surface area contributed by atoms with Gasteiger partial charge in [0.15, 0.2) is 0 Å². The van der Waals surface area contributed by atoms with Crippen molar-refractivity contribution in [3.05, 3.63) is 78.6 Å². The Kier molecular flexibility index (Phi) is 3.56. The molecule has 3 aromatic rings. The maximum Gasteiger partial charge on any atom is 0.307 e. The Labute approximate surface area is 146 Å². The van der Waals surface area contributed by atoms with Crippen LogP contribution in [0.5, 0.6) is 5.88 Å². The second-order valence-corrected chi connectivity index (χ2v) is 6.42. The van der Waals surface area contributed by atoms with E-state index in [0.29, 0.717) is 10.4 Å². The lowest BCUT2D eigenvalue weighted by atomic mass is 9.99. The first-order chi connectivity index (χ1) is 12.2. The van der Waals surface area contributed by atoms with Crippen molar-refractivity contribution in [3.63, 3.8) is 0 Å². The molecule has 0 bridgehead atoms. The number of nitrogens with zero attached hydrogens (tertiary/aromatic N) is 2. The zero-order valence-electron chi connectivity index (χ0n) is 12.9. The van der Waals surface area contributed by atoms with Crippen molar-refractivity contribution in [2.24, 2.45) is 4.99 Å². The van der Waals surface area contributed by atoms with Crippen LogP contribution in [0.25, 0.3) is 11.6 Å². The summed E-state index contributed by atoms with van der Waals surface area (Å²) in [6, 6.07) is 14.9. The monoisotopic (exact) mass is 345 g/mol. The molecule has 0 radical (unpaired) electrons. The van der Waals surface area contributed by atoms with Crippen molar-refractivity contribution < 1.29 is 5.11 Å². The lowest BCUT2D eigenvalue weighted by Gasteiger charge is -2.08. The van der Waals surface area contributed by atoms with Crippen LogP contribution >= 0.6 is 11.3 Å². The van der Waals surface area contributed by atoms with E-state index in [1.54, 1.807) is 18.3 Å². The average molecular weight is 345 g/mol. The fourth-order valence-corrected chi connectivity index (χ4v) is 3.67. The van der Waals surface area contributed by atoms with Gasteiger partial charge in [0, 0.05) is 17.0 Å². The van der Waals surface area contributed by atoms with E-state index in [1.165, 1.54) is 0 Å². The summed E-state index contributed by atoms with van der Waals surface area (Å²) in [5.41, 5.74) is 2.91. The van der Waals surface area contributed by atoms with Crippen molar-refractivity contribution in [1.29, 1.82) is 5.26 Å². The van der Waals surface area contributed by atoms with Crippen LogP contribution in [0, 0.1) is 11.3 Å². The molecular weight excluding hydrogens is 334 g/mol. The van der Waals surface area contributed by atoms with Crippen LogP contribution in [0.15, 0.2) is 52.3 Å². The molecule has 0 spiro atoms. The van der Waals surface area contributed by atoms with Crippen molar-refractivity contribution >= 4 is 34.9 Å². The van der Waals surface area contributed by atoms with E-state index in [0.717, 1.165) is 38.6 Å². The number of fused-ring (bicyclic) bond motifs is 1. The Hall–Kier alpha value is -3.43. The van der Waals surface area contributed by atoms with Crippen LogP contribution < -0.4 is 15.3 Å². The summed E-state index contributed by atoms with van der Waals surface area (Å²) >= 11 is 0.950. The van der Waals surface area contributed by atoms with Crippen LogP contribution in [0.1, 0.15) is 16.0 Å². The fraction of sp³-hybridized carbons (Fsp3) is 0. The van der Waals surface area contributed by atoms with Gasteiger partial charge in [-0.25, -0.2) is 0 Å². The molecule has 0 saturated heterocycles. The number of aromatic nitrogens is 1. The summed E-state index contributed by atoms with van der Waals surface area (Å²) in [5, 5.41) is 21.0. The van der Waals surface area contributed by atoms with Gasteiger partial charge in [-0.3, -0.25) is 14.8 Å². The first kappa shape index (κ1) is 15.1. The molecule has 0 aliphatic carbocycles. The molecule has 1 aliphatic heterocycles. The van der Waals surface area contributed by atoms with Crippen molar-refractivity contribution in [2.75, 3.05) is 0 Å². The summed E-state index contributed by atoms with van der Waals surface area (Å²) in [5.74, 6) is -0.161. The summed E-state index contributed by atoms with van der Waals surface area (Å²) in [6.45, 7) is 0. The number of nitriles is 1. The van der Waals surface area contributed by atoms with Gasteiger partial charge in [-0.15, -0.1) is 0 Å². The zero-order valence-corrected chi connectivity index (χ0v) is 13.7. The zero-order chi connectivity index (χ0) is 17.4. The van der Waals surface area contributed by atoms with Crippen molar-refractivity contribution in [2.45, 2.75) is 0 Å². The van der Waals surface area contributed by atoms with Gasteiger partial charge in [0.2, 0.25) is 5.88 Å². The van der Waals surface area contributed by atoms with Gasteiger partial charge < -0.3 is 5.11 Å². The number of benzene rings is 2. The van der Waals surface area contributed by atoms with Gasteiger partial charge in [-0.05, 0) is 35.1 Å². The van der Waals surface area contributed by atoms with E-state index in [4.69, 9.17) is 5.26 Å². The van der Waals surface area contributed by atoms with Crippen LogP contribution in [-0.4, -0.2) is 16.3 Å². The molecule has 0 atom stereocenters. The standard InChI is InChI=1S/C19H11N3O2S/c20-10-11-4-6-12(7-5-11)16(17-18(23)22-19(24)25-17)14-2-1-3-15-13(14)8-9-21-15/h1-9,23H,(H,22,24).